The summed E-state index contributed by atoms with van der Waals surface area (Å²) in [6.07, 6.45) is 2.16. The lowest BCUT2D eigenvalue weighted by molar-refractivity contribution is 0.0338. The largest absolute Gasteiger partial charge is 0.388 e. The number of hydrogen-bond donors (Lipinski definition) is 2. The van der Waals surface area contributed by atoms with Crippen LogP contribution in [0.25, 0.3) is 0 Å². The Hall–Kier alpha value is -0.160. The number of ether oxygens (including phenoxy) is 1. The smallest absolute Gasteiger partial charge is 0.0869 e. The maximum Gasteiger partial charge on any atom is 0.0869 e. The first-order valence-electron chi connectivity index (χ1n) is 5.55. The molecule has 0 aliphatic heterocycles. The molecule has 15 heavy (non-hydrogen) atoms. The van der Waals surface area contributed by atoms with E-state index in [0.717, 1.165) is 26.0 Å². The minimum Gasteiger partial charge on any atom is -0.388 e. The van der Waals surface area contributed by atoms with Gasteiger partial charge in [-0.2, -0.15) is 0 Å². The van der Waals surface area contributed by atoms with Gasteiger partial charge in [-0.1, -0.05) is 0 Å². The molecular formula is C11H26N2O2. The van der Waals surface area contributed by atoms with Gasteiger partial charge in [-0.05, 0) is 40.4 Å². The summed E-state index contributed by atoms with van der Waals surface area (Å²) in [6, 6.07) is 0. The van der Waals surface area contributed by atoms with E-state index >= 15 is 0 Å². The molecule has 4 heteroatoms. The minimum absolute atomic E-state index is 0.637. The molecule has 0 heterocycles. The predicted octanol–water partition coefficient (Wildman–Crippen LogP) is 0.315. The van der Waals surface area contributed by atoms with Crippen LogP contribution in [0.15, 0.2) is 0 Å². The highest BCUT2D eigenvalue weighted by atomic mass is 16.5. The molecule has 0 saturated carbocycles. The van der Waals surface area contributed by atoms with Crippen LogP contribution in [0.1, 0.15) is 19.8 Å². The molecule has 2 N–H and O–H groups in total. The van der Waals surface area contributed by atoms with E-state index < -0.39 is 5.60 Å². The summed E-state index contributed by atoms with van der Waals surface area (Å²) < 4.78 is 4.96. The van der Waals surface area contributed by atoms with Gasteiger partial charge < -0.3 is 20.1 Å². The van der Waals surface area contributed by atoms with Crippen LogP contribution in [0.5, 0.6) is 0 Å². The van der Waals surface area contributed by atoms with Crippen LogP contribution in [0.4, 0.5) is 0 Å². The SMILES string of the molecule is COCCCCNCC(C)(O)CN(C)C. The van der Waals surface area contributed by atoms with Gasteiger partial charge in [0.05, 0.1) is 5.60 Å². The van der Waals surface area contributed by atoms with E-state index in [1.54, 1.807) is 7.11 Å². The average molecular weight is 218 g/mol. The highest BCUT2D eigenvalue weighted by Gasteiger charge is 2.20. The van der Waals surface area contributed by atoms with Crippen molar-refractivity contribution in [2.45, 2.75) is 25.4 Å². The van der Waals surface area contributed by atoms with Crippen LogP contribution < -0.4 is 5.32 Å². The summed E-state index contributed by atoms with van der Waals surface area (Å²) in [5.74, 6) is 0. The molecule has 0 aromatic heterocycles. The second kappa shape index (κ2) is 8.05. The van der Waals surface area contributed by atoms with Gasteiger partial charge >= 0.3 is 0 Å². The first-order chi connectivity index (χ1) is 6.98. The minimum atomic E-state index is -0.648. The van der Waals surface area contributed by atoms with Crippen LogP contribution in [0.2, 0.25) is 0 Å². The molecule has 0 amide bonds. The van der Waals surface area contributed by atoms with Crippen molar-refractivity contribution in [2.24, 2.45) is 0 Å². The second-order valence-corrected chi connectivity index (χ2v) is 4.61. The fourth-order valence-corrected chi connectivity index (χ4v) is 1.59. The van der Waals surface area contributed by atoms with Crippen molar-refractivity contribution < 1.29 is 9.84 Å². The molecule has 0 fully saturated rings. The summed E-state index contributed by atoms with van der Waals surface area (Å²) in [7, 11) is 5.65. The molecule has 0 spiro atoms. The highest BCUT2D eigenvalue weighted by Crippen LogP contribution is 2.02. The Kier molecular flexibility index (Phi) is 7.96. The van der Waals surface area contributed by atoms with E-state index in [9.17, 15) is 5.11 Å². The summed E-state index contributed by atoms with van der Waals surface area (Å²) >= 11 is 0. The number of methoxy groups -OCH3 is 1. The molecule has 1 atom stereocenters. The normalized spacial score (nSPS) is 15.6. The van der Waals surface area contributed by atoms with Gasteiger partial charge in [0, 0.05) is 26.8 Å². The molecule has 0 aromatic carbocycles. The van der Waals surface area contributed by atoms with Crippen molar-refractivity contribution >= 4 is 0 Å². The summed E-state index contributed by atoms with van der Waals surface area (Å²) in [4.78, 5) is 1.99. The quantitative estimate of drug-likeness (QED) is 0.547. The van der Waals surface area contributed by atoms with Gasteiger partial charge in [0.15, 0.2) is 0 Å². The van der Waals surface area contributed by atoms with E-state index in [-0.39, 0.29) is 0 Å². The molecule has 1 unspecified atom stereocenters. The number of aliphatic hydroxyl groups is 1. The topological polar surface area (TPSA) is 44.7 Å². The zero-order chi connectivity index (χ0) is 11.7. The Labute approximate surface area is 93.6 Å². The molecular weight excluding hydrogens is 192 g/mol. The lowest BCUT2D eigenvalue weighted by atomic mass is 10.1. The zero-order valence-corrected chi connectivity index (χ0v) is 10.5. The van der Waals surface area contributed by atoms with Crippen LogP contribution in [0.3, 0.4) is 0 Å². The van der Waals surface area contributed by atoms with E-state index in [0.29, 0.717) is 13.1 Å². The number of nitrogens with one attached hydrogen (secondary N) is 1. The van der Waals surface area contributed by atoms with Crippen molar-refractivity contribution in [3.8, 4) is 0 Å². The summed E-state index contributed by atoms with van der Waals surface area (Å²) in [5.41, 5.74) is -0.648. The fourth-order valence-electron chi connectivity index (χ4n) is 1.59. The molecule has 4 nitrogen and oxygen atoms in total. The molecule has 0 aromatic rings. The fraction of sp³-hybridized carbons (Fsp3) is 1.00. The van der Waals surface area contributed by atoms with Crippen LogP contribution >= 0.6 is 0 Å². The second-order valence-electron chi connectivity index (χ2n) is 4.61. The predicted molar refractivity (Wildman–Crippen MR) is 63.2 cm³/mol. The Bertz CT molecular complexity index is 150. The Morgan fingerprint density at radius 2 is 2.00 bits per heavy atom. The monoisotopic (exact) mass is 218 g/mol. The van der Waals surface area contributed by atoms with E-state index in [2.05, 4.69) is 5.32 Å². The highest BCUT2D eigenvalue weighted by molar-refractivity contribution is 4.77. The molecule has 0 aliphatic rings. The van der Waals surface area contributed by atoms with Crippen molar-refractivity contribution in [3.63, 3.8) is 0 Å². The van der Waals surface area contributed by atoms with Crippen molar-refractivity contribution in [3.05, 3.63) is 0 Å². The van der Waals surface area contributed by atoms with E-state index in [4.69, 9.17) is 4.74 Å². The van der Waals surface area contributed by atoms with E-state index in [1.807, 2.05) is 25.9 Å². The number of unbranched alkanes of at least 4 members (excludes halogenated alkanes) is 1. The van der Waals surface area contributed by atoms with Gasteiger partial charge in [0.2, 0.25) is 0 Å². The lowest BCUT2D eigenvalue weighted by Gasteiger charge is -2.27. The molecule has 0 rings (SSSR count). The average Bonchev–Trinajstić information content (AvgIpc) is 2.08. The number of likely N-dealkylation sites (N-methyl/N-ethyl adjacent to an activating group) is 1. The number of rotatable bonds is 9. The van der Waals surface area contributed by atoms with E-state index in [1.165, 1.54) is 0 Å². The molecule has 0 bridgehead atoms. The molecule has 92 valence electrons. The molecule has 0 radical (unpaired) electrons. The first-order valence-corrected chi connectivity index (χ1v) is 5.55. The van der Waals surface area contributed by atoms with Crippen molar-refractivity contribution in [1.29, 1.82) is 0 Å². The van der Waals surface area contributed by atoms with Gasteiger partial charge in [0.1, 0.15) is 0 Å². The Morgan fingerprint density at radius 1 is 1.33 bits per heavy atom. The zero-order valence-electron chi connectivity index (χ0n) is 10.5. The Morgan fingerprint density at radius 3 is 2.53 bits per heavy atom. The summed E-state index contributed by atoms with van der Waals surface area (Å²) in [5, 5.41) is 13.2. The lowest BCUT2D eigenvalue weighted by Crippen LogP contribution is -2.45. The van der Waals surface area contributed by atoms with Gasteiger partial charge in [0.25, 0.3) is 0 Å². The first kappa shape index (κ1) is 14.8. The Balaban J connectivity index is 3.40. The number of nitrogens with zero attached hydrogens (tertiary/aromatic N) is 1. The third kappa shape index (κ3) is 10.1. The van der Waals surface area contributed by atoms with Gasteiger partial charge in [-0.15, -0.1) is 0 Å². The molecule has 0 saturated heterocycles. The third-order valence-corrected chi connectivity index (χ3v) is 2.11. The van der Waals surface area contributed by atoms with Crippen molar-refractivity contribution in [2.75, 3.05) is 47.4 Å². The number of hydrogen-bond acceptors (Lipinski definition) is 4. The summed E-state index contributed by atoms with van der Waals surface area (Å²) in [6.45, 7) is 4.92. The van der Waals surface area contributed by atoms with Crippen LogP contribution in [-0.2, 0) is 4.74 Å². The molecule has 0 aliphatic carbocycles. The van der Waals surface area contributed by atoms with Crippen LogP contribution in [0, 0.1) is 0 Å². The standard InChI is InChI=1S/C11H26N2O2/c1-11(14,10-13(2)3)9-12-7-5-6-8-15-4/h12,14H,5-10H2,1-4H3. The van der Waals surface area contributed by atoms with Gasteiger partial charge in [-0.3, -0.25) is 0 Å². The van der Waals surface area contributed by atoms with Crippen molar-refractivity contribution in [1.82, 2.24) is 10.2 Å². The maximum absolute atomic E-state index is 9.96. The maximum atomic E-state index is 9.96. The third-order valence-electron chi connectivity index (χ3n) is 2.11. The van der Waals surface area contributed by atoms with Crippen LogP contribution in [-0.4, -0.2) is 63.1 Å². The van der Waals surface area contributed by atoms with Gasteiger partial charge in [-0.25, -0.2) is 0 Å².